The maximum atomic E-state index is 12.3. The van der Waals surface area contributed by atoms with E-state index in [-0.39, 0.29) is 11.8 Å². The zero-order chi connectivity index (χ0) is 17.6. The predicted molar refractivity (Wildman–Crippen MR) is 94.4 cm³/mol. The molecule has 2 aromatic rings. The first-order valence-corrected chi connectivity index (χ1v) is 7.87. The number of amides is 2. The van der Waals surface area contributed by atoms with Gasteiger partial charge in [0, 0.05) is 29.4 Å². The first-order chi connectivity index (χ1) is 12.2. The number of carbonyl (C=O) groups is 2. The Labute approximate surface area is 145 Å². The van der Waals surface area contributed by atoms with Gasteiger partial charge in [-0.25, -0.2) is 0 Å². The van der Waals surface area contributed by atoms with Crippen LogP contribution in [0.2, 0.25) is 0 Å². The monoisotopic (exact) mass is 338 g/mol. The lowest BCUT2D eigenvalue weighted by molar-refractivity contribution is 0.0956. The van der Waals surface area contributed by atoms with Crippen LogP contribution in [-0.4, -0.2) is 31.6 Å². The Morgan fingerprint density at radius 1 is 0.960 bits per heavy atom. The lowest BCUT2D eigenvalue weighted by Gasteiger charge is -2.19. The van der Waals surface area contributed by atoms with E-state index in [1.807, 2.05) is 0 Å². The third-order valence-corrected chi connectivity index (χ3v) is 3.62. The van der Waals surface area contributed by atoms with Gasteiger partial charge in [0.05, 0.1) is 0 Å². The normalized spacial score (nSPS) is 12.2. The number of nitrogens with one attached hydrogen (secondary N) is 2. The van der Waals surface area contributed by atoms with Crippen LogP contribution in [0, 0.1) is 0 Å². The fraction of sp³-hybridized carbons (Fsp3) is 0.158. The van der Waals surface area contributed by atoms with Crippen LogP contribution < -0.4 is 20.1 Å². The van der Waals surface area contributed by atoms with Gasteiger partial charge in [0.25, 0.3) is 11.8 Å². The molecule has 25 heavy (non-hydrogen) atoms. The lowest BCUT2D eigenvalue weighted by Crippen LogP contribution is -2.23. The van der Waals surface area contributed by atoms with Crippen LogP contribution in [0.1, 0.15) is 20.7 Å². The van der Waals surface area contributed by atoms with Crippen LogP contribution in [0.25, 0.3) is 0 Å². The van der Waals surface area contributed by atoms with Crippen LogP contribution in [-0.2, 0) is 0 Å². The highest BCUT2D eigenvalue weighted by Gasteiger charge is 2.14. The van der Waals surface area contributed by atoms with Gasteiger partial charge in [0.2, 0.25) is 0 Å². The van der Waals surface area contributed by atoms with Gasteiger partial charge in [-0.3, -0.25) is 9.59 Å². The van der Waals surface area contributed by atoms with E-state index in [4.69, 9.17) is 9.47 Å². The van der Waals surface area contributed by atoms with Gasteiger partial charge in [-0.2, -0.15) is 0 Å². The molecule has 0 fully saturated rings. The maximum absolute atomic E-state index is 12.3. The van der Waals surface area contributed by atoms with Crippen LogP contribution in [0.3, 0.4) is 0 Å². The molecule has 0 spiro atoms. The minimum atomic E-state index is -0.269. The molecule has 3 rings (SSSR count). The summed E-state index contributed by atoms with van der Waals surface area (Å²) in [6, 6.07) is 11.7. The molecule has 0 atom stereocenters. The molecule has 1 aliphatic heterocycles. The Hall–Kier alpha value is -3.28. The van der Waals surface area contributed by atoms with Gasteiger partial charge >= 0.3 is 0 Å². The lowest BCUT2D eigenvalue weighted by atomic mass is 10.1. The topological polar surface area (TPSA) is 76.7 Å². The number of rotatable bonds is 5. The largest absolute Gasteiger partial charge is 0.486 e. The van der Waals surface area contributed by atoms with E-state index in [1.54, 1.807) is 48.5 Å². The van der Waals surface area contributed by atoms with E-state index in [0.717, 1.165) is 0 Å². The van der Waals surface area contributed by atoms with E-state index < -0.39 is 0 Å². The minimum Gasteiger partial charge on any atom is -0.486 e. The summed E-state index contributed by atoms with van der Waals surface area (Å²) in [6.07, 6.45) is 1.60. The number of carbonyl (C=O) groups excluding carboxylic acids is 2. The molecule has 0 saturated heterocycles. The summed E-state index contributed by atoms with van der Waals surface area (Å²) in [7, 11) is 0. The number of anilines is 1. The van der Waals surface area contributed by atoms with Crippen molar-refractivity contribution >= 4 is 17.5 Å². The highest BCUT2D eigenvalue weighted by Crippen LogP contribution is 2.32. The Bertz CT molecular complexity index is 800. The van der Waals surface area contributed by atoms with Gasteiger partial charge in [-0.15, -0.1) is 6.58 Å². The molecule has 1 heterocycles. The Balaban J connectivity index is 1.67. The second-order valence-corrected chi connectivity index (χ2v) is 5.39. The van der Waals surface area contributed by atoms with Crippen LogP contribution >= 0.6 is 0 Å². The fourth-order valence-electron chi connectivity index (χ4n) is 2.36. The Kier molecular flexibility index (Phi) is 4.99. The standard InChI is InChI=1S/C19H18N2O4/c1-2-9-20-18(22)13-3-5-14(6-4-13)19(23)21-15-7-8-16-17(12-15)25-11-10-24-16/h2-8,12H,1,9-11H2,(H,20,22)(H,21,23). The molecule has 6 nitrogen and oxygen atoms in total. The predicted octanol–water partition coefficient (Wildman–Crippen LogP) is 2.63. The molecule has 0 aromatic heterocycles. The van der Waals surface area contributed by atoms with Crippen molar-refractivity contribution in [3.8, 4) is 11.5 Å². The molecule has 6 heteroatoms. The number of hydrogen-bond acceptors (Lipinski definition) is 4. The first kappa shape index (κ1) is 16.6. The smallest absolute Gasteiger partial charge is 0.255 e. The summed E-state index contributed by atoms with van der Waals surface area (Å²) in [5.74, 6) is 0.797. The number of fused-ring (bicyclic) bond motifs is 1. The summed E-state index contributed by atoms with van der Waals surface area (Å²) in [6.45, 7) is 4.95. The molecule has 128 valence electrons. The highest BCUT2D eigenvalue weighted by molar-refractivity contribution is 6.05. The zero-order valence-corrected chi connectivity index (χ0v) is 13.6. The number of hydrogen-bond donors (Lipinski definition) is 2. The van der Waals surface area contributed by atoms with Crippen molar-refractivity contribution in [2.24, 2.45) is 0 Å². The second-order valence-electron chi connectivity index (χ2n) is 5.39. The van der Waals surface area contributed by atoms with E-state index in [2.05, 4.69) is 17.2 Å². The molecule has 0 bridgehead atoms. The molecule has 2 aromatic carbocycles. The molecule has 0 unspecified atom stereocenters. The molecule has 0 aliphatic carbocycles. The summed E-state index contributed by atoms with van der Waals surface area (Å²) in [4.78, 5) is 24.2. The van der Waals surface area contributed by atoms with Crippen molar-refractivity contribution in [2.75, 3.05) is 25.1 Å². The van der Waals surface area contributed by atoms with Crippen LogP contribution in [0.4, 0.5) is 5.69 Å². The van der Waals surface area contributed by atoms with Crippen molar-refractivity contribution in [3.05, 3.63) is 66.2 Å². The fourth-order valence-corrected chi connectivity index (χ4v) is 2.36. The number of ether oxygens (including phenoxy) is 2. The first-order valence-electron chi connectivity index (χ1n) is 7.87. The average molecular weight is 338 g/mol. The molecular formula is C19H18N2O4. The maximum Gasteiger partial charge on any atom is 0.255 e. The van der Waals surface area contributed by atoms with Crippen molar-refractivity contribution in [1.82, 2.24) is 5.32 Å². The molecule has 2 amide bonds. The highest BCUT2D eigenvalue weighted by atomic mass is 16.6. The van der Waals surface area contributed by atoms with Gasteiger partial charge in [0.1, 0.15) is 13.2 Å². The van der Waals surface area contributed by atoms with Crippen molar-refractivity contribution in [3.63, 3.8) is 0 Å². The Morgan fingerprint density at radius 3 is 2.28 bits per heavy atom. The third kappa shape index (κ3) is 3.98. The van der Waals surface area contributed by atoms with Crippen LogP contribution in [0.5, 0.6) is 11.5 Å². The SMILES string of the molecule is C=CCNC(=O)c1ccc(C(=O)Nc2ccc3c(c2)OCCO3)cc1. The molecule has 0 radical (unpaired) electrons. The summed E-state index contributed by atoms with van der Waals surface area (Å²) in [5.41, 5.74) is 1.55. The zero-order valence-electron chi connectivity index (χ0n) is 13.6. The van der Waals surface area contributed by atoms with Crippen molar-refractivity contribution < 1.29 is 19.1 Å². The van der Waals surface area contributed by atoms with Gasteiger partial charge < -0.3 is 20.1 Å². The molecular weight excluding hydrogens is 320 g/mol. The van der Waals surface area contributed by atoms with Gasteiger partial charge in [-0.1, -0.05) is 6.08 Å². The molecule has 0 saturated carbocycles. The van der Waals surface area contributed by atoms with Gasteiger partial charge in [0.15, 0.2) is 11.5 Å². The average Bonchev–Trinajstić information content (AvgIpc) is 2.66. The van der Waals surface area contributed by atoms with E-state index >= 15 is 0 Å². The quantitative estimate of drug-likeness (QED) is 0.822. The van der Waals surface area contributed by atoms with E-state index in [9.17, 15) is 9.59 Å². The second kappa shape index (κ2) is 7.53. The number of benzene rings is 2. The van der Waals surface area contributed by atoms with E-state index in [0.29, 0.717) is 48.1 Å². The van der Waals surface area contributed by atoms with Crippen LogP contribution in [0.15, 0.2) is 55.1 Å². The molecule has 2 N–H and O–H groups in total. The summed E-state index contributed by atoms with van der Waals surface area (Å²) in [5, 5.41) is 5.49. The minimum absolute atomic E-state index is 0.210. The summed E-state index contributed by atoms with van der Waals surface area (Å²) < 4.78 is 10.9. The summed E-state index contributed by atoms with van der Waals surface area (Å²) >= 11 is 0. The third-order valence-electron chi connectivity index (χ3n) is 3.62. The van der Waals surface area contributed by atoms with Crippen molar-refractivity contribution in [1.29, 1.82) is 0 Å². The Morgan fingerprint density at radius 2 is 1.60 bits per heavy atom. The molecule has 1 aliphatic rings. The van der Waals surface area contributed by atoms with E-state index in [1.165, 1.54) is 0 Å². The van der Waals surface area contributed by atoms with Gasteiger partial charge in [-0.05, 0) is 36.4 Å². The van der Waals surface area contributed by atoms with Crippen molar-refractivity contribution in [2.45, 2.75) is 0 Å².